The zero-order valence-corrected chi connectivity index (χ0v) is 6.26. The van der Waals surface area contributed by atoms with Crippen molar-refractivity contribution in [2.45, 2.75) is 18.1 Å². The summed E-state index contributed by atoms with van der Waals surface area (Å²) in [5.41, 5.74) is -2.07. The van der Waals surface area contributed by atoms with E-state index in [9.17, 15) is 14.4 Å². The van der Waals surface area contributed by atoms with Crippen molar-refractivity contribution in [1.82, 2.24) is 0 Å². The van der Waals surface area contributed by atoms with Crippen LogP contribution < -0.4 is 0 Å². The number of carboxylic acid groups (broad SMARTS) is 3. The quantitative estimate of drug-likeness (QED) is 0.474. The van der Waals surface area contributed by atoms with E-state index in [0.29, 0.717) is 0 Å². The molecule has 0 radical (unpaired) electrons. The first-order valence-corrected chi connectivity index (χ1v) is 3.26. The maximum Gasteiger partial charge on any atom is 0.340 e. The molecule has 0 amide bonds. The number of carbonyl (C=O) groups is 3. The molecule has 2 atom stereocenters. The minimum atomic E-state index is -2.07. The Morgan fingerprint density at radius 1 is 1.23 bits per heavy atom. The van der Waals surface area contributed by atoms with E-state index in [4.69, 9.17) is 15.3 Å². The molecule has 1 rings (SSSR count). The Morgan fingerprint density at radius 3 is 2.00 bits per heavy atom. The third kappa shape index (κ3) is 1.45. The van der Waals surface area contributed by atoms with Gasteiger partial charge in [-0.05, 0) is 0 Å². The maximum atomic E-state index is 10.5. The summed E-state index contributed by atoms with van der Waals surface area (Å²) in [5, 5.41) is 25.2. The lowest BCUT2D eigenvalue weighted by atomic mass is 10.0. The molecule has 1 fully saturated rings. The monoisotopic (exact) mass is 190 g/mol. The normalized spacial score (nSPS) is 30.9. The Hall–Kier alpha value is -1.63. The molecule has 1 aliphatic heterocycles. The summed E-state index contributed by atoms with van der Waals surface area (Å²) in [5.74, 6) is -4.45. The third-order valence-electron chi connectivity index (χ3n) is 1.69. The fourth-order valence-electron chi connectivity index (χ4n) is 1.02. The van der Waals surface area contributed by atoms with Crippen LogP contribution in [0.25, 0.3) is 0 Å². The van der Waals surface area contributed by atoms with Gasteiger partial charge >= 0.3 is 17.9 Å². The lowest BCUT2D eigenvalue weighted by Gasteiger charge is -2.01. The van der Waals surface area contributed by atoms with Crippen molar-refractivity contribution in [3.05, 3.63) is 0 Å². The van der Waals surface area contributed by atoms with Gasteiger partial charge in [0.15, 0.2) is 6.10 Å². The van der Waals surface area contributed by atoms with Gasteiger partial charge in [0, 0.05) is 0 Å². The van der Waals surface area contributed by atoms with E-state index in [-0.39, 0.29) is 0 Å². The molecule has 0 aromatic rings. The van der Waals surface area contributed by atoms with Crippen molar-refractivity contribution >= 4 is 17.9 Å². The Bertz CT molecular complexity index is 283. The van der Waals surface area contributed by atoms with Gasteiger partial charge in [0.05, 0.1) is 6.42 Å². The number of rotatable bonds is 4. The SMILES string of the molecule is O=C(O)C[C@@]1(C(=O)O)O[C@H]1C(=O)O. The molecule has 0 saturated carbocycles. The second-order valence-electron chi connectivity index (χ2n) is 2.60. The third-order valence-corrected chi connectivity index (χ3v) is 1.69. The van der Waals surface area contributed by atoms with Crippen LogP contribution in [0.5, 0.6) is 0 Å². The minimum absolute atomic E-state index is 0.848. The van der Waals surface area contributed by atoms with Crippen LogP contribution in [0.1, 0.15) is 6.42 Å². The van der Waals surface area contributed by atoms with E-state index in [1.807, 2.05) is 0 Å². The topological polar surface area (TPSA) is 124 Å². The summed E-state index contributed by atoms with van der Waals surface area (Å²) in [7, 11) is 0. The largest absolute Gasteiger partial charge is 0.481 e. The van der Waals surface area contributed by atoms with Crippen LogP contribution in [0.15, 0.2) is 0 Å². The zero-order valence-electron chi connectivity index (χ0n) is 6.26. The highest BCUT2D eigenvalue weighted by Crippen LogP contribution is 2.40. The van der Waals surface area contributed by atoms with Crippen LogP contribution >= 0.6 is 0 Å². The average Bonchev–Trinajstić information content (AvgIpc) is 2.62. The Kier molecular flexibility index (Phi) is 1.96. The summed E-state index contributed by atoms with van der Waals surface area (Å²) in [6.07, 6.45) is -2.40. The van der Waals surface area contributed by atoms with Crippen molar-refractivity contribution in [3.8, 4) is 0 Å². The Labute approximate surface area is 71.5 Å². The number of ether oxygens (including phenoxy) is 1. The first kappa shape index (κ1) is 9.46. The van der Waals surface area contributed by atoms with Gasteiger partial charge in [-0.25, -0.2) is 9.59 Å². The fourth-order valence-corrected chi connectivity index (χ4v) is 1.02. The molecule has 1 aliphatic rings. The number of aliphatic carboxylic acids is 3. The second kappa shape index (κ2) is 2.70. The predicted molar refractivity (Wildman–Crippen MR) is 35.1 cm³/mol. The molecule has 0 aromatic heterocycles. The number of epoxide rings is 1. The van der Waals surface area contributed by atoms with Crippen LogP contribution in [0, 0.1) is 0 Å². The summed E-state index contributed by atoms with van der Waals surface area (Å²) < 4.78 is 4.36. The molecule has 13 heavy (non-hydrogen) atoms. The summed E-state index contributed by atoms with van der Waals surface area (Å²) >= 11 is 0. The summed E-state index contributed by atoms with van der Waals surface area (Å²) in [6.45, 7) is 0. The van der Waals surface area contributed by atoms with Gasteiger partial charge in [-0.1, -0.05) is 0 Å². The molecule has 0 unspecified atom stereocenters. The van der Waals surface area contributed by atoms with Gasteiger partial charge in [0.1, 0.15) is 0 Å². The van der Waals surface area contributed by atoms with E-state index in [0.717, 1.165) is 0 Å². The van der Waals surface area contributed by atoms with Gasteiger partial charge in [-0.3, -0.25) is 4.79 Å². The molecule has 0 bridgehead atoms. The van der Waals surface area contributed by atoms with Gasteiger partial charge in [0.2, 0.25) is 5.60 Å². The lowest BCUT2D eigenvalue weighted by Crippen LogP contribution is -2.32. The van der Waals surface area contributed by atoms with E-state index in [2.05, 4.69) is 4.74 Å². The Morgan fingerprint density at radius 2 is 1.77 bits per heavy atom. The summed E-state index contributed by atoms with van der Waals surface area (Å²) in [4.78, 5) is 31.0. The molecule has 0 aliphatic carbocycles. The van der Waals surface area contributed by atoms with Crippen molar-refractivity contribution in [2.24, 2.45) is 0 Å². The summed E-state index contributed by atoms with van der Waals surface area (Å²) in [6, 6.07) is 0. The second-order valence-corrected chi connectivity index (χ2v) is 2.60. The van der Waals surface area contributed by atoms with Gasteiger partial charge in [-0.15, -0.1) is 0 Å². The van der Waals surface area contributed by atoms with Gasteiger partial charge < -0.3 is 20.1 Å². The van der Waals surface area contributed by atoms with Crippen molar-refractivity contribution in [1.29, 1.82) is 0 Å². The molecule has 1 saturated heterocycles. The lowest BCUT2D eigenvalue weighted by molar-refractivity contribution is -0.150. The molecule has 72 valence electrons. The number of hydrogen-bond acceptors (Lipinski definition) is 4. The highest BCUT2D eigenvalue weighted by Gasteiger charge is 2.68. The average molecular weight is 190 g/mol. The van der Waals surface area contributed by atoms with Crippen LogP contribution in [0.3, 0.4) is 0 Å². The van der Waals surface area contributed by atoms with Crippen LogP contribution in [0.2, 0.25) is 0 Å². The number of carboxylic acids is 3. The highest BCUT2D eigenvalue weighted by atomic mass is 16.7. The van der Waals surface area contributed by atoms with Crippen LogP contribution in [0.4, 0.5) is 0 Å². The molecule has 0 spiro atoms. The van der Waals surface area contributed by atoms with Crippen LogP contribution in [-0.2, 0) is 19.1 Å². The minimum Gasteiger partial charge on any atom is -0.481 e. The maximum absolute atomic E-state index is 10.5. The predicted octanol–water partition coefficient (Wildman–Crippen LogP) is -1.23. The Balaban J connectivity index is 2.77. The fraction of sp³-hybridized carbons (Fsp3) is 0.500. The molecule has 7 nitrogen and oxygen atoms in total. The van der Waals surface area contributed by atoms with Crippen LogP contribution in [-0.4, -0.2) is 44.9 Å². The first-order chi connectivity index (χ1) is 5.90. The molecular formula is C6H6O7. The van der Waals surface area contributed by atoms with Gasteiger partial charge in [-0.2, -0.15) is 0 Å². The number of hydrogen-bond donors (Lipinski definition) is 3. The smallest absolute Gasteiger partial charge is 0.340 e. The van der Waals surface area contributed by atoms with Crippen molar-refractivity contribution < 1.29 is 34.4 Å². The molecule has 0 aromatic carbocycles. The van der Waals surface area contributed by atoms with E-state index in [1.165, 1.54) is 0 Å². The van der Waals surface area contributed by atoms with E-state index in [1.54, 1.807) is 0 Å². The van der Waals surface area contributed by atoms with E-state index >= 15 is 0 Å². The van der Waals surface area contributed by atoms with Crippen molar-refractivity contribution in [2.75, 3.05) is 0 Å². The first-order valence-electron chi connectivity index (χ1n) is 3.26. The molecule has 3 N–H and O–H groups in total. The molecule has 7 heteroatoms. The zero-order chi connectivity index (χ0) is 10.2. The molecular weight excluding hydrogens is 184 g/mol. The molecule has 1 heterocycles. The standard InChI is InChI=1S/C6H6O7/c7-2(8)1-6(5(11)12)3(13-6)4(9)10/h3H,1H2,(H,7,8)(H,9,10)(H,11,12)/t3-,6+/m0/s1. The highest BCUT2D eigenvalue weighted by molar-refractivity contribution is 5.95. The van der Waals surface area contributed by atoms with E-state index < -0.39 is 36.0 Å². The van der Waals surface area contributed by atoms with Crippen molar-refractivity contribution in [3.63, 3.8) is 0 Å². The van der Waals surface area contributed by atoms with Gasteiger partial charge in [0.25, 0.3) is 0 Å².